The van der Waals surface area contributed by atoms with Gasteiger partial charge in [0.15, 0.2) is 0 Å². The molecule has 0 atom stereocenters. The molecule has 0 radical (unpaired) electrons. The molecule has 0 heterocycles. The van der Waals surface area contributed by atoms with Crippen molar-refractivity contribution in [1.29, 1.82) is 0 Å². The SMILES string of the molecule is CC(C)(CP(c1ccccc1)c1ccccc1)CP(=O)(c1ccccc1)c1ccccc1. The van der Waals surface area contributed by atoms with Crippen LogP contribution in [0, 0.1) is 5.41 Å². The minimum Gasteiger partial charge on any atom is -0.314 e. The lowest BCUT2D eigenvalue weighted by atomic mass is 10.00. The van der Waals surface area contributed by atoms with Crippen molar-refractivity contribution in [3.8, 4) is 0 Å². The van der Waals surface area contributed by atoms with Crippen molar-refractivity contribution < 1.29 is 4.57 Å². The number of hydrogen-bond donors (Lipinski definition) is 0. The van der Waals surface area contributed by atoms with Crippen LogP contribution in [0.1, 0.15) is 13.8 Å². The molecule has 0 spiro atoms. The fourth-order valence-corrected chi connectivity index (χ4v) is 10.5. The van der Waals surface area contributed by atoms with E-state index in [1.54, 1.807) is 0 Å². The van der Waals surface area contributed by atoms with Gasteiger partial charge in [0.05, 0.1) is 0 Å². The smallest absolute Gasteiger partial charge is 0.143 e. The van der Waals surface area contributed by atoms with E-state index in [1.807, 2.05) is 60.7 Å². The van der Waals surface area contributed by atoms with E-state index >= 15 is 0 Å². The third kappa shape index (κ3) is 5.29. The van der Waals surface area contributed by atoms with Crippen LogP contribution in [-0.4, -0.2) is 12.3 Å². The summed E-state index contributed by atoms with van der Waals surface area (Å²) in [6, 6.07) is 41.7. The predicted molar refractivity (Wildman–Crippen MR) is 142 cm³/mol. The highest BCUT2D eigenvalue weighted by Gasteiger charge is 2.36. The van der Waals surface area contributed by atoms with Crippen molar-refractivity contribution in [3.05, 3.63) is 121 Å². The highest BCUT2D eigenvalue weighted by atomic mass is 31.2. The van der Waals surface area contributed by atoms with Crippen molar-refractivity contribution in [2.75, 3.05) is 12.3 Å². The highest BCUT2D eigenvalue weighted by molar-refractivity contribution is 7.78. The van der Waals surface area contributed by atoms with Crippen LogP contribution in [0.4, 0.5) is 0 Å². The van der Waals surface area contributed by atoms with E-state index in [9.17, 15) is 4.57 Å². The lowest BCUT2D eigenvalue weighted by Gasteiger charge is -2.34. The van der Waals surface area contributed by atoms with E-state index in [0.717, 1.165) is 16.8 Å². The molecule has 162 valence electrons. The molecular weight excluding hydrogens is 426 g/mol. The van der Waals surface area contributed by atoms with Gasteiger partial charge in [-0.25, -0.2) is 0 Å². The van der Waals surface area contributed by atoms with Crippen molar-refractivity contribution in [3.63, 3.8) is 0 Å². The Morgan fingerprint density at radius 3 is 1.31 bits per heavy atom. The molecule has 0 fully saturated rings. The molecule has 0 aliphatic carbocycles. The molecule has 0 aliphatic heterocycles. The van der Waals surface area contributed by atoms with Crippen LogP contribution in [0.5, 0.6) is 0 Å². The van der Waals surface area contributed by atoms with Crippen molar-refractivity contribution in [2.24, 2.45) is 5.41 Å². The molecule has 1 nitrogen and oxygen atoms in total. The molecule has 0 bridgehead atoms. The summed E-state index contributed by atoms with van der Waals surface area (Å²) < 4.78 is 14.7. The molecule has 0 amide bonds. The lowest BCUT2D eigenvalue weighted by Crippen LogP contribution is -2.31. The second-order valence-electron chi connectivity index (χ2n) is 8.99. The van der Waals surface area contributed by atoms with E-state index in [4.69, 9.17) is 0 Å². The Hall–Kier alpha value is -2.46. The quantitative estimate of drug-likeness (QED) is 0.290. The summed E-state index contributed by atoms with van der Waals surface area (Å²) in [5, 5.41) is 4.64. The molecule has 4 aromatic rings. The van der Waals surface area contributed by atoms with Gasteiger partial charge in [-0.2, -0.15) is 0 Å². The monoisotopic (exact) mass is 456 g/mol. The summed E-state index contributed by atoms with van der Waals surface area (Å²) >= 11 is 0. The number of hydrogen-bond acceptors (Lipinski definition) is 1. The van der Waals surface area contributed by atoms with Gasteiger partial charge in [-0.05, 0) is 30.1 Å². The minimum atomic E-state index is -2.77. The van der Waals surface area contributed by atoms with Crippen LogP contribution in [0.25, 0.3) is 0 Å². The second kappa shape index (κ2) is 9.99. The summed E-state index contributed by atoms with van der Waals surface area (Å²) in [4.78, 5) is 0. The Labute approximate surface area is 193 Å². The maximum Gasteiger partial charge on any atom is 0.143 e. The average molecular weight is 457 g/mol. The summed E-state index contributed by atoms with van der Waals surface area (Å²) in [5.41, 5.74) is -0.113. The van der Waals surface area contributed by atoms with Crippen LogP contribution in [-0.2, 0) is 4.57 Å². The third-order valence-electron chi connectivity index (χ3n) is 5.72. The lowest BCUT2D eigenvalue weighted by molar-refractivity contribution is 0.474. The average Bonchev–Trinajstić information content (AvgIpc) is 2.84. The molecular formula is C29H30OP2. The van der Waals surface area contributed by atoms with Crippen LogP contribution in [0.15, 0.2) is 121 Å². The van der Waals surface area contributed by atoms with Gasteiger partial charge < -0.3 is 4.57 Å². The molecule has 4 aromatic carbocycles. The molecule has 0 unspecified atom stereocenters. The molecule has 32 heavy (non-hydrogen) atoms. The first-order valence-electron chi connectivity index (χ1n) is 11.1. The number of benzene rings is 4. The van der Waals surface area contributed by atoms with Gasteiger partial charge in [0.25, 0.3) is 0 Å². The van der Waals surface area contributed by atoms with Gasteiger partial charge in [0.1, 0.15) is 7.14 Å². The highest BCUT2D eigenvalue weighted by Crippen LogP contribution is 2.51. The molecule has 0 aliphatic rings. The molecule has 0 N–H and O–H groups in total. The molecule has 0 saturated heterocycles. The van der Waals surface area contributed by atoms with Crippen LogP contribution < -0.4 is 21.2 Å². The van der Waals surface area contributed by atoms with Gasteiger partial charge in [-0.1, -0.05) is 135 Å². The van der Waals surface area contributed by atoms with Crippen molar-refractivity contribution in [1.82, 2.24) is 0 Å². The first-order chi connectivity index (χ1) is 15.5. The zero-order chi connectivity index (χ0) is 22.4. The Morgan fingerprint density at radius 1 is 0.594 bits per heavy atom. The van der Waals surface area contributed by atoms with E-state index in [2.05, 4.69) is 74.5 Å². The van der Waals surface area contributed by atoms with E-state index < -0.39 is 15.1 Å². The van der Waals surface area contributed by atoms with E-state index in [1.165, 1.54) is 10.6 Å². The van der Waals surface area contributed by atoms with Gasteiger partial charge >= 0.3 is 0 Å². The maximum atomic E-state index is 14.7. The summed E-state index contributed by atoms with van der Waals surface area (Å²) in [6.45, 7) is 4.57. The third-order valence-corrected chi connectivity index (χ3v) is 12.3. The summed E-state index contributed by atoms with van der Waals surface area (Å²) in [6.07, 6.45) is 1.63. The maximum absolute atomic E-state index is 14.7. The topological polar surface area (TPSA) is 17.1 Å². The Kier molecular flexibility index (Phi) is 7.10. The molecule has 0 saturated carbocycles. The van der Waals surface area contributed by atoms with Gasteiger partial charge in [0.2, 0.25) is 0 Å². The number of rotatable bonds is 8. The fourth-order valence-electron chi connectivity index (χ4n) is 4.30. The standard InChI is InChI=1S/C29H30OP2/c1-29(2,23-31(25-15-7-3-8-16-25)26-17-9-4-10-18-26)24-32(30,27-19-11-5-12-20-27)28-21-13-6-14-22-28/h3-22H,23-24H2,1-2H3. The largest absolute Gasteiger partial charge is 0.314 e. The van der Waals surface area contributed by atoms with E-state index in [-0.39, 0.29) is 5.41 Å². The summed E-state index contributed by atoms with van der Waals surface area (Å²) in [7, 11) is -3.33. The van der Waals surface area contributed by atoms with Crippen LogP contribution in [0.3, 0.4) is 0 Å². The van der Waals surface area contributed by atoms with Gasteiger partial charge in [-0.15, -0.1) is 0 Å². The first-order valence-corrected chi connectivity index (χ1v) is 14.5. The molecule has 4 rings (SSSR count). The summed E-state index contributed by atoms with van der Waals surface area (Å²) in [5.74, 6) is 0. The molecule has 3 heteroatoms. The minimum absolute atomic E-state index is 0.113. The van der Waals surface area contributed by atoms with E-state index in [0.29, 0.717) is 6.16 Å². The Balaban J connectivity index is 1.71. The first kappa shape index (κ1) is 22.7. The van der Waals surface area contributed by atoms with Crippen LogP contribution >= 0.6 is 15.1 Å². The predicted octanol–water partition coefficient (Wildman–Crippen LogP) is 6.16. The normalized spacial score (nSPS) is 12.1. The Bertz CT molecular complexity index is 1070. The zero-order valence-electron chi connectivity index (χ0n) is 18.8. The molecule has 0 aromatic heterocycles. The zero-order valence-corrected chi connectivity index (χ0v) is 20.6. The van der Waals surface area contributed by atoms with Gasteiger partial charge in [-0.3, -0.25) is 0 Å². The van der Waals surface area contributed by atoms with Crippen molar-refractivity contribution >= 4 is 36.3 Å². The Morgan fingerprint density at radius 2 is 0.938 bits per heavy atom. The second-order valence-corrected chi connectivity index (χ2v) is 14.0. The fraction of sp³-hybridized carbons (Fsp3) is 0.172. The van der Waals surface area contributed by atoms with Crippen LogP contribution in [0.2, 0.25) is 0 Å². The van der Waals surface area contributed by atoms with Gasteiger partial charge in [0, 0.05) is 16.8 Å². The van der Waals surface area contributed by atoms with Crippen molar-refractivity contribution in [2.45, 2.75) is 13.8 Å².